The van der Waals surface area contributed by atoms with E-state index in [1.165, 1.54) is 0 Å². The summed E-state index contributed by atoms with van der Waals surface area (Å²) in [5.41, 5.74) is 0. The molecule has 2 atom stereocenters. The monoisotopic (exact) mass is 246 g/mol. The Balaban J connectivity index is 4.32. The minimum absolute atomic E-state index is 0.137. The molecule has 0 aromatic carbocycles. The molecule has 0 saturated heterocycles. The maximum atomic E-state index is 13.6. The fourth-order valence-electron chi connectivity index (χ4n) is 1.10. The van der Waals surface area contributed by atoms with Crippen LogP contribution in [0.3, 0.4) is 0 Å². The first-order valence-corrected chi connectivity index (χ1v) is 6.77. The van der Waals surface area contributed by atoms with Gasteiger partial charge >= 0.3 is 88.6 Å². The molecule has 0 rings (SSSR count). The molecule has 0 bridgehead atoms. The van der Waals surface area contributed by atoms with Gasteiger partial charge in [-0.2, -0.15) is 0 Å². The van der Waals surface area contributed by atoms with Gasteiger partial charge in [-0.1, -0.05) is 0 Å². The molecule has 3 N–H and O–H groups in total. The van der Waals surface area contributed by atoms with Crippen LogP contribution in [0.15, 0.2) is 0 Å². The van der Waals surface area contributed by atoms with E-state index in [9.17, 15) is 9.28 Å². The third kappa shape index (κ3) is 5.15. The van der Waals surface area contributed by atoms with Crippen LogP contribution < -0.4 is 0 Å². The van der Waals surface area contributed by atoms with Gasteiger partial charge in [0.05, 0.1) is 0 Å². The Bertz CT molecular complexity index is 165. The van der Waals surface area contributed by atoms with Crippen molar-refractivity contribution in [1.29, 1.82) is 0 Å². The van der Waals surface area contributed by atoms with E-state index in [0.717, 1.165) is 0 Å². The summed E-state index contributed by atoms with van der Waals surface area (Å²) in [4.78, 5) is 9.75. The molecule has 94 valence electrons. The molecule has 0 aliphatic rings. The second kappa shape index (κ2) is 7.44. The van der Waals surface area contributed by atoms with Crippen molar-refractivity contribution in [2.24, 2.45) is 0 Å². The normalized spacial score (nSPS) is 17.5. The Morgan fingerprint density at radius 2 is 1.73 bits per heavy atom. The predicted octanol–water partition coefficient (Wildman–Crippen LogP) is 0.586. The van der Waals surface area contributed by atoms with Crippen molar-refractivity contribution in [2.75, 3.05) is 19.8 Å². The summed E-state index contributed by atoms with van der Waals surface area (Å²) in [6.07, 6.45) is -1.60. The van der Waals surface area contributed by atoms with Crippen molar-refractivity contribution >= 4 is 7.94 Å². The molecule has 15 heavy (non-hydrogen) atoms. The molecule has 0 saturated carbocycles. The predicted molar refractivity (Wildman–Crippen MR) is 56.4 cm³/mol. The van der Waals surface area contributed by atoms with E-state index in [1.54, 1.807) is 13.8 Å². The number of aliphatic hydroxyl groups excluding tert-OH is 2. The molecule has 1 unspecified atom stereocenters. The first-order chi connectivity index (χ1) is 7.00. The SMILES string of the molecule is CCO[PH](O)(OCC)C(F)C[C@H](O)CO. The Labute approximate surface area is 89.4 Å². The van der Waals surface area contributed by atoms with Crippen LogP contribution in [0.2, 0.25) is 0 Å². The molecule has 0 aliphatic heterocycles. The fourth-order valence-corrected chi connectivity index (χ4v) is 2.94. The standard InChI is InChI=1S/C8H20FO5P/c1-3-13-15(12,14-4-2)8(9)5-7(11)6-10/h7-8,10-12,15H,3-6H2,1-2H3/t7-,8?/m0/s1. The summed E-state index contributed by atoms with van der Waals surface area (Å²) in [5.74, 6) is -1.78. The summed E-state index contributed by atoms with van der Waals surface area (Å²) >= 11 is 0. The average Bonchev–Trinajstić information content (AvgIpc) is 2.18. The summed E-state index contributed by atoms with van der Waals surface area (Å²) in [5, 5.41) is 17.6. The number of hydrogen-bond donors (Lipinski definition) is 3. The van der Waals surface area contributed by atoms with Gasteiger partial charge in [0.15, 0.2) is 0 Å². The van der Waals surface area contributed by atoms with Crippen LogP contribution in [0, 0.1) is 0 Å². The van der Waals surface area contributed by atoms with Gasteiger partial charge in [-0.3, -0.25) is 0 Å². The Morgan fingerprint density at radius 3 is 2.07 bits per heavy atom. The minimum atomic E-state index is -3.87. The summed E-state index contributed by atoms with van der Waals surface area (Å²) in [7, 11) is -3.87. The zero-order valence-corrected chi connectivity index (χ0v) is 10.0. The summed E-state index contributed by atoms with van der Waals surface area (Å²) in [6.45, 7) is 2.96. The van der Waals surface area contributed by atoms with Crippen molar-refractivity contribution in [3.8, 4) is 0 Å². The van der Waals surface area contributed by atoms with Gasteiger partial charge < -0.3 is 0 Å². The molecule has 0 amide bonds. The van der Waals surface area contributed by atoms with E-state index in [-0.39, 0.29) is 19.6 Å². The van der Waals surface area contributed by atoms with E-state index in [0.29, 0.717) is 0 Å². The summed E-state index contributed by atoms with van der Waals surface area (Å²) in [6, 6.07) is 0. The number of hydrogen-bond acceptors (Lipinski definition) is 5. The van der Waals surface area contributed by atoms with E-state index in [1.807, 2.05) is 0 Å². The van der Waals surface area contributed by atoms with Crippen LogP contribution in [0.4, 0.5) is 4.39 Å². The number of rotatable bonds is 8. The van der Waals surface area contributed by atoms with Gasteiger partial charge in [0.25, 0.3) is 0 Å². The van der Waals surface area contributed by atoms with Crippen molar-refractivity contribution in [2.45, 2.75) is 32.3 Å². The first-order valence-electron chi connectivity index (χ1n) is 4.93. The first kappa shape index (κ1) is 15.2. The Hall–Kier alpha value is 0.160. The fraction of sp³-hybridized carbons (Fsp3) is 1.00. The second-order valence-electron chi connectivity index (χ2n) is 3.04. The Morgan fingerprint density at radius 1 is 1.27 bits per heavy atom. The van der Waals surface area contributed by atoms with Crippen LogP contribution in [0.1, 0.15) is 20.3 Å². The van der Waals surface area contributed by atoms with Gasteiger partial charge in [-0.05, 0) is 0 Å². The molecule has 0 spiro atoms. The van der Waals surface area contributed by atoms with Crippen LogP contribution in [0.5, 0.6) is 0 Å². The van der Waals surface area contributed by atoms with Crippen molar-refractivity contribution in [1.82, 2.24) is 0 Å². The average molecular weight is 246 g/mol. The second-order valence-corrected chi connectivity index (χ2v) is 5.50. The van der Waals surface area contributed by atoms with Gasteiger partial charge in [-0.25, -0.2) is 0 Å². The van der Waals surface area contributed by atoms with Gasteiger partial charge in [0, 0.05) is 0 Å². The van der Waals surface area contributed by atoms with Crippen LogP contribution >= 0.6 is 7.94 Å². The van der Waals surface area contributed by atoms with Gasteiger partial charge in [-0.15, -0.1) is 0 Å². The van der Waals surface area contributed by atoms with Crippen LogP contribution in [-0.2, 0) is 9.05 Å². The molecule has 0 aliphatic carbocycles. The maximum absolute atomic E-state index is 13.6. The zero-order chi connectivity index (χ0) is 11.9. The molecule has 0 aromatic heterocycles. The van der Waals surface area contributed by atoms with E-state index in [4.69, 9.17) is 19.3 Å². The molecular formula is C8H20FO5P. The molecule has 5 nitrogen and oxygen atoms in total. The molecule has 0 heterocycles. The molecule has 0 aromatic rings. The number of halogens is 1. The van der Waals surface area contributed by atoms with Crippen molar-refractivity contribution in [3.63, 3.8) is 0 Å². The Kier molecular flexibility index (Phi) is 7.52. The van der Waals surface area contributed by atoms with E-state index in [2.05, 4.69) is 0 Å². The van der Waals surface area contributed by atoms with Gasteiger partial charge in [0.1, 0.15) is 0 Å². The molecular weight excluding hydrogens is 226 g/mol. The quantitative estimate of drug-likeness (QED) is 0.546. The zero-order valence-electron chi connectivity index (χ0n) is 9.02. The molecule has 7 heteroatoms. The van der Waals surface area contributed by atoms with E-state index < -0.39 is 26.6 Å². The van der Waals surface area contributed by atoms with Crippen molar-refractivity contribution in [3.05, 3.63) is 0 Å². The summed E-state index contributed by atoms with van der Waals surface area (Å²) < 4.78 is 23.3. The topological polar surface area (TPSA) is 79.2 Å². The third-order valence-corrected chi connectivity index (χ3v) is 4.22. The van der Waals surface area contributed by atoms with E-state index >= 15 is 0 Å². The molecule has 0 radical (unpaired) electrons. The van der Waals surface area contributed by atoms with Gasteiger partial charge in [0.2, 0.25) is 0 Å². The molecule has 0 fully saturated rings. The van der Waals surface area contributed by atoms with Crippen molar-refractivity contribution < 1.29 is 28.5 Å². The number of alkyl halides is 1. The van der Waals surface area contributed by atoms with Crippen LogP contribution in [0.25, 0.3) is 0 Å². The number of aliphatic hydroxyl groups is 2. The van der Waals surface area contributed by atoms with Crippen LogP contribution in [-0.4, -0.2) is 46.9 Å². The third-order valence-electron chi connectivity index (χ3n) is 1.79.